The van der Waals surface area contributed by atoms with Crippen molar-refractivity contribution in [2.45, 2.75) is 5.33 Å². The van der Waals surface area contributed by atoms with Crippen LogP contribution >= 0.6 is 15.9 Å². The van der Waals surface area contributed by atoms with E-state index in [-0.39, 0.29) is 5.82 Å². The van der Waals surface area contributed by atoms with Crippen molar-refractivity contribution in [2.24, 2.45) is 0 Å². The smallest absolute Gasteiger partial charge is 0.163 e. The quantitative estimate of drug-likeness (QED) is 0.628. The monoisotopic (exact) mass is 190 g/mol. The van der Waals surface area contributed by atoms with Crippen molar-refractivity contribution in [1.82, 2.24) is 9.97 Å². The molecular weight excluding hydrogens is 187 g/mol. The van der Waals surface area contributed by atoms with Crippen LogP contribution in [-0.2, 0) is 5.33 Å². The third kappa shape index (κ3) is 1.45. The average molecular weight is 191 g/mol. The second kappa shape index (κ2) is 2.87. The van der Waals surface area contributed by atoms with Gasteiger partial charge in [-0.05, 0) is 0 Å². The number of hydrogen-bond acceptors (Lipinski definition) is 2. The van der Waals surface area contributed by atoms with Gasteiger partial charge in [0.2, 0.25) is 0 Å². The van der Waals surface area contributed by atoms with Crippen LogP contribution in [0.4, 0.5) is 4.39 Å². The molecule has 0 fully saturated rings. The molecular formula is C5H4BrFN2. The molecule has 2 nitrogen and oxygen atoms in total. The molecule has 0 atom stereocenters. The van der Waals surface area contributed by atoms with E-state index in [1.807, 2.05) is 0 Å². The van der Waals surface area contributed by atoms with E-state index in [9.17, 15) is 4.39 Å². The number of alkyl halides is 1. The summed E-state index contributed by atoms with van der Waals surface area (Å²) in [5.41, 5.74) is 0.394. The van der Waals surface area contributed by atoms with Gasteiger partial charge in [-0.25, -0.2) is 14.4 Å². The van der Waals surface area contributed by atoms with Gasteiger partial charge in [-0.15, -0.1) is 0 Å². The minimum absolute atomic E-state index is 0.366. The van der Waals surface area contributed by atoms with Crippen molar-refractivity contribution >= 4 is 15.9 Å². The van der Waals surface area contributed by atoms with Crippen LogP contribution in [0.2, 0.25) is 0 Å². The van der Waals surface area contributed by atoms with Gasteiger partial charge in [-0.3, -0.25) is 0 Å². The Bertz CT molecular complexity index is 204. The van der Waals surface area contributed by atoms with Gasteiger partial charge < -0.3 is 0 Å². The highest BCUT2D eigenvalue weighted by atomic mass is 79.9. The molecule has 1 aromatic heterocycles. The summed E-state index contributed by atoms with van der Waals surface area (Å²) < 4.78 is 12.4. The van der Waals surface area contributed by atoms with Crippen molar-refractivity contribution in [2.75, 3.05) is 0 Å². The van der Waals surface area contributed by atoms with Crippen molar-refractivity contribution < 1.29 is 4.39 Å². The second-order valence-corrected chi connectivity index (χ2v) is 2.01. The minimum Gasteiger partial charge on any atom is -0.242 e. The fourth-order valence-electron chi connectivity index (χ4n) is 0.436. The molecule has 0 aliphatic carbocycles. The van der Waals surface area contributed by atoms with Gasteiger partial charge in [-0.1, -0.05) is 15.9 Å². The number of halogens is 2. The summed E-state index contributed by atoms with van der Waals surface area (Å²) in [7, 11) is 0. The van der Waals surface area contributed by atoms with Crippen LogP contribution in [0, 0.1) is 5.82 Å². The summed E-state index contributed by atoms with van der Waals surface area (Å²) in [6.07, 6.45) is 2.46. The number of rotatable bonds is 1. The van der Waals surface area contributed by atoms with Gasteiger partial charge in [-0.2, -0.15) is 0 Å². The standard InChI is InChI=1S/C5H4BrFN2/c6-1-5-4(7)2-8-3-9-5/h2-3H,1H2. The van der Waals surface area contributed by atoms with Gasteiger partial charge in [0.25, 0.3) is 0 Å². The Kier molecular flexibility index (Phi) is 2.10. The Hall–Kier alpha value is -0.510. The fraction of sp³-hybridized carbons (Fsp3) is 0.200. The second-order valence-electron chi connectivity index (χ2n) is 1.45. The van der Waals surface area contributed by atoms with Crippen molar-refractivity contribution in [3.8, 4) is 0 Å². The highest BCUT2D eigenvalue weighted by molar-refractivity contribution is 9.08. The molecule has 0 amide bonds. The SMILES string of the molecule is Fc1cncnc1CBr. The van der Waals surface area contributed by atoms with Gasteiger partial charge in [0.05, 0.1) is 11.9 Å². The highest BCUT2D eigenvalue weighted by Gasteiger charge is 1.97. The average Bonchev–Trinajstić information content (AvgIpc) is 1.89. The normalized spacial score (nSPS) is 9.56. The Balaban J connectivity index is 3.01. The van der Waals surface area contributed by atoms with Gasteiger partial charge in [0.15, 0.2) is 5.82 Å². The van der Waals surface area contributed by atoms with Gasteiger partial charge in [0.1, 0.15) is 6.33 Å². The van der Waals surface area contributed by atoms with Crippen LogP contribution in [0.5, 0.6) is 0 Å². The zero-order valence-corrected chi connectivity index (χ0v) is 6.10. The van der Waals surface area contributed by atoms with Crippen LogP contribution in [0.1, 0.15) is 5.69 Å². The van der Waals surface area contributed by atoms with E-state index in [1.165, 1.54) is 6.33 Å². The molecule has 48 valence electrons. The maximum atomic E-state index is 12.4. The number of nitrogens with zero attached hydrogens (tertiary/aromatic N) is 2. The Labute approximate surface area is 60.3 Å². The summed E-state index contributed by atoms with van der Waals surface area (Å²) in [5, 5.41) is 0.432. The van der Waals surface area contributed by atoms with Crippen molar-refractivity contribution in [1.29, 1.82) is 0 Å². The molecule has 0 aliphatic rings. The summed E-state index contributed by atoms with van der Waals surface area (Å²) >= 11 is 3.08. The summed E-state index contributed by atoms with van der Waals surface area (Å²) in [5.74, 6) is -0.366. The molecule has 1 heterocycles. The van der Waals surface area contributed by atoms with E-state index in [4.69, 9.17) is 0 Å². The van der Waals surface area contributed by atoms with Gasteiger partial charge in [0, 0.05) is 5.33 Å². The van der Waals surface area contributed by atoms with Gasteiger partial charge >= 0.3 is 0 Å². The first-order chi connectivity index (χ1) is 4.34. The lowest BCUT2D eigenvalue weighted by molar-refractivity contribution is 0.600. The van der Waals surface area contributed by atoms with Crippen LogP contribution in [0.3, 0.4) is 0 Å². The molecule has 4 heteroatoms. The first kappa shape index (κ1) is 6.61. The largest absolute Gasteiger partial charge is 0.242 e. The highest BCUT2D eigenvalue weighted by Crippen LogP contribution is 2.04. The summed E-state index contributed by atoms with van der Waals surface area (Å²) in [4.78, 5) is 7.15. The lowest BCUT2D eigenvalue weighted by Gasteiger charge is -1.91. The Morgan fingerprint density at radius 1 is 1.67 bits per heavy atom. The van der Waals surface area contributed by atoms with E-state index >= 15 is 0 Å². The molecule has 1 rings (SSSR count). The first-order valence-electron chi connectivity index (χ1n) is 2.35. The molecule has 0 aromatic carbocycles. The molecule has 0 spiro atoms. The van der Waals surface area contributed by atoms with Crippen LogP contribution in [0.15, 0.2) is 12.5 Å². The number of aromatic nitrogens is 2. The summed E-state index contributed by atoms with van der Waals surface area (Å²) in [6.45, 7) is 0. The zero-order valence-electron chi connectivity index (χ0n) is 4.51. The fourth-order valence-corrected chi connectivity index (χ4v) is 0.849. The first-order valence-corrected chi connectivity index (χ1v) is 3.47. The van der Waals surface area contributed by atoms with Crippen LogP contribution < -0.4 is 0 Å². The molecule has 0 aliphatic heterocycles. The molecule has 0 bridgehead atoms. The lowest BCUT2D eigenvalue weighted by atomic mass is 10.4. The van der Waals surface area contributed by atoms with Crippen molar-refractivity contribution in [3.05, 3.63) is 24.0 Å². The lowest BCUT2D eigenvalue weighted by Crippen LogP contribution is -1.90. The Morgan fingerprint density at radius 2 is 2.44 bits per heavy atom. The molecule has 0 saturated carbocycles. The van der Waals surface area contributed by atoms with E-state index in [1.54, 1.807) is 0 Å². The summed E-state index contributed by atoms with van der Waals surface area (Å²) in [6, 6.07) is 0. The molecule has 0 N–H and O–H groups in total. The topological polar surface area (TPSA) is 25.8 Å². The van der Waals surface area contributed by atoms with E-state index in [0.29, 0.717) is 11.0 Å². The van der Waals surface area contributed by atoms with E-state index in [2.05, 4.69) is 25.9 Å². The maximum Gasteiger partial charge on any atom is 0.163 e. The van der Waals surface area contributed by atoms with E-state index < -0.39 is 0 Å². The van der Waals surface area contributed by atoms with E-state index in [0.717, 1.165) is 6.20 Å². The molecule has 0 unspecified atom stereocenters. The third-order valence-corrected chi connectivity index (χ3v) is 1.40. The molecule has 1 aromatic rings. The predicted molar refractivity (Wildman–Crippen MR) is 34.6 cm³/mol. The molecule has 0 saturated heterocycles. The van der Waals surface area contributed by atoms with Crippen molar-refractivity contribution in [3.63, 3.8) is 0 Å². The van der Waals surface area contributed by atoms with Crippen LogP contribution in [-0.4, -0.2) is 9.97 Å². The zero-order chi connectivity index (χ0) is 6.69. The third-order valence-electron chi connectivity index (χ3n) is 0.870. The van der Waals surface area contributed by atoms with Crippen LogP contribution in [0.25, 0.3) is 0 Å². The number of hydrogen-bond donors (Lipinski definition) is 0. The minimum atomic E-state index is -0.366. The maximum absolute atomic E-state index is 12.4. The molecule has 0 radical (unpaired) electrons. The molecule has 9 heavy (non-hydrogen) atoms. The predicted octanol–water partition coefficient (Wildman–Crippen LogP) is 1.51. The Morgan fingerprint density at radius 3 is 2.89 bits per heavy atom.